The van der Waals surface area contributed by atoms with Crippen LogP contribution in [-0.4, -0.2) is 44.2 Å². The molecule has 0 heterocycles. The predicted octanol–water partition coefficient (Wildman–Crippen LogP) is 3.25. The predicted molar refractivity (Wildman–Crippen MR) is 110 cm³/mol. The Bertz CT molecular complexity index is 1010. The zero-order valence-electron chi connectivity index (χ0n) is 16.7. The highest BCUT2D eigenvalue weighted by atomic mass is 32.2. The van der Waals surface area contributed by atoms with Gasteiger partial charge in [0.25, 0.3) is 0 Å². The summed E-state index contributed by atoms with van der Waals surface area (Å²) in [7, 11) is -3.58. The number of fused-ring (bicyclic) bond motifs is 1. The fraction of sp³-hybridized carbons (Fsp3) is 0.364. The van der Waals surface area contributed by atoms with Crippen LogP contribution in [0.15, 0.2) is 47.4 Å². The van der Waals surface area contributed by atoms with Gasteiger partial charge in [0.1, 0.15) is 0 Å². The van der Waals surface area contributed by atoms with E-state index in [1.165, 1.54) is 39.7 Å². The van der Waals surface area contributed by atoms with E-state index in [4.69, 9.17) is 4.74 Å². The lowest BCUT2D eigenvalue weighted by molar-refractivity contribution is 0.0474. The lowest BCUT2D eigenvalue weighted by Crippen LogP contribution is -2.30. The Hall–Kier alpha value is -2.51. The number of esters is 1. The molecular weight excluding hydrogens is 390 g/mol. The Morgan fingerprint density at radius 2 is 1.55 bits per heavy atom. The van der Waals surface area contributed by atoms with Crippen molar-refractivity contribution >= 4 is 21.8 Å². The largest absolute Gasteiger partial charge is 0.454 e. The second-order valence-corrected chi connectivity index (χ2v) is 8.89. The van der Waals surface area contributed by atoms with Crippen LogP contribution in [-0.2, 0) is 27.6 Å². The van der Waals surface area contributed by atoms with Gasteiger partial charge in [-0.2, -0.15) is 4.31 Å². The van der Waals surface area contributed by atoms with Crippen LogP contribution in [0.3, 0.4) is 0 Å². The van der Waals surface area contributed by atoms with E-state index in [0.29, 0.717) is 18.7 Å². The zero-order chi connectivity index (χ0) is 21.0. The summed E-state index contributed by atoms with van der Waals surface area (Å²) in [5, 5.41) is 0. The van der Waals surface area contributed by atoms with Gasteiger partial charge in [-0.15, -0.1) is 0 Å². The molecule has 1 aliphatic carbocycles. The molecule has 6 nitrogen and oxygen atoms in total. The lowest BCUT2D eigenvalue weighted by Gasteiger charge is -2.18. The summed E-state index contributed by atoms with van der Waals surface area (Å²) in [4.78, 5) is 24.7. The first-order valence-electron chi connectivity index (χ1n) is 9.79. The van der Waals surface area contributed by atoms with Gasteiger partial charge in [0.2, 0.25) is 10.0 Å². The van der Waals surface area contributed by atoms with E-state index in [1.54, 1.807) is 19.9 Å². The Morgan fingerprint density at radius 3 is 2.21 bits per heavy atom. The van der Waals surface area contributed by atoms with Crippen molar-refractivity contribution in [3.63, 3.8) is 0 Å². The average Bonchev–Trinajstić information content (AvgIpc) is 3.20. The van der Waals surface area contributed by atoms with E-state index in [0.717, 1.165) is 19.3 Å². The smallest absolute Gasteiger partial charge is 0.338 e. The van der Waals surface area contributed by atoms with Crippen LogP contribution in [0.5, 0.6) is 0 Å². The molecule has 0 fully saturated rings. The Kier molecular flexibility index (Phi) is 6.49. The third-order valence-electron chi connectivity index (χ3n) is 5.19. The molecule has 0 amide bonds. The van der Waals surface area contributed by atoms with E-state index in [2.05, 4.69) is 0 Å². The molecule has 154 valence electrons. The van der Waals surface area contributed by atoms with Crippen LogP contribution < -0.4 is 0 Å². The Balaban J connectivity index is 1.63. The Morgan fingerprint density at radius 1 is 0.931 bits per heavy atom. The number of aryl methyl sites for hydroxylation is 2. The molecular formula is C22H25NO5S. The summed E-state index contributed by atoms with van der Waals surface area (Å²) in [6.45, 7) is 3.92. The van der Waals surface area contributed by atoms with Crippen molar-refractivity contribution in [2.24, 2.45) is 0 Å². The number of hydrogen-bond donors (Lipinski definition) is 0. The number of sulfonamides is 1. The molecule has 0 spiro atoms. The standard InChI is InChI=1S/C22H25NO5S/c1-3-23(4-2)29(26,27)20-12-10-17(11-13-20)22(25)28-15-21(24)19-9-8-16-6-5-7-18(16)14-19/h8-14H,3-7,15H2,1-2H3. The highest BCUT2D eigenvalue weighted by molar-refractivity contribution is 7.89. The topological polar surface area (TPSA) is 80.8 Å². The molecule has 0 unspecified atom stereocenters. The maximum Gasteiger partial charge on any atom is 0.338 e. The van der Waals surface area contributed by atoms with Gasteiger partial charge in [-0.25, -0.2) is 13.2 Å². The fourth-order valence-electron chi connectivity index (χ4n) is 3.52. The van der Waals surface area contributed by atoms with Gasteiger partial charge in [0.15, 0.2) is 12.4 Å². The maximum absolute atomic E-state index is 12.5. The molecule has 2 aromatic rings. The number of carbonyl (C=O) groups excluding carboxylic acids is 2. The minimum Gasteiger partial charge on any atom is -0.454 e. The monoisotopic (exact) mass is 415 g/mol. The minimum atomic E-state index is -3.58. The summed E-state index contributed by atoms with van der Waals surface area (Å²) in [6.07, 6.45) is 3.11. The van der Waals surface area contributed by atoms with Gasteiger partial charge in [-0.3, -0.25) is 4.79 Å². The molecule has 0 aliphatic heterocycles. The molecule has 29 heavy (non-hydrogen) atoms. The van der Waals surface area contributed by atoms with Crippen molar-refractivity contribution in [1.29, 1.82) is 0 Å². The van der Waals surface area contributed by atoms with E-state index >= 15 is 0 Å². The summed E-state index contributed by atoms with van der Waals surface area (Å²) < 4.78 is 31.5. The van der Waals surface area contributed by atoms with Crippen molar-refractivity contribution in [2.75, 3.05) is 19.7 Å². The van der Waals surface area contributed by atoms with Crippen LogP contribution >= 0.6 is 0 Å². The van der Waals surface area contributed by atoms with Gasteiger partial charge >= 0.3 is 5.97 Å². The molecule has 0 saturated carbocycles. The van der Waals surface area contributed by atoms with Gasteiger partial charge in [-0.1, -0.05) is 26.0 Å². The number of Topliss-reactive ketones (excluding diaryl/α,β-unsaturated/α-hetero) is 1. The lowest BCUT2D eigenvalue weighted by atomic mass is 10.0. The molecule has 0 aromatic heterocycles. The first-order valence-corrected chi connectivity index (χ1v) is 11.2. The number of benzene rings is 2. The average molecular weight is 416 g/mol. The SMILES string of the molecule is CCN(CC)S(=O)(=O)c1ccc(C(=O)OCC(=O)c2ccc3c(c2)CCC3)cc1. The molecule has 0 N–H and O–H groups in total. The molecule has 0 radical (unpaired) electrons. The molecule has 2 aromatic carbocycles. The fourth-order valence-corrected chi connectivity index (χ4v) is 4.98. The van der Waals surface area contributed by atoms with Crippen LogP contribution in [0.1, 0.15) is 52.1 Å². The van der Waals surface area contributed by atoms with Crippen molar-refractivity contribution in [3.05, 3.63) is 64.7 Å². The van der Waals surface area contributed by atoms with E-state index in [1.807, 2.05) is 12.1 Å². The third kappa shape index (κ3) is 4.57. The second kappa shape index (κ2) is 8.88. The normalized spacial score (nSPS) is 13.3. The van der Waals surface area contributed by atoms with Crippen LogP contribution in [0, 0.1) is 0 Å². The number of ketones is 1. The number of ether oxygens (including phenoxy) is 1. The number of rotatable bonds is 8. The molecule has 7 heteroatoms. The number of nitrogens with zero attached hydrogens (tertiary/aromatic N) is 1. The van der Waals surface area contributed by atoms with Crippen LogP contribution in [0.4, 0.5) is 0 Å². The molecule has 0 bridgehead atoms. The summed E-state index contributed by atoms with van der Waals surface area (Å²) in [6, 6.07) is 11.2. The van der Waals surface area contributed by atoms with Gasteiger partial charge in [0.05, 0.1) is 10.5 Å². The zero-order valence-corrected chi connectivity index (χ0v) is 17.5. The third-order valence-corrected chi connectivity index (χ3v) is 7.25. The quantitative estimate of drug-likeness (QED) is 0.488. The molecule has 1 aliphatic rings. The molecule has 0 atom stereocenters. The van der Waals surface area contributed by atoms with Gasteiger partial charge in [0, 0.05) is 18.7 Å². The summed E-state index contributed by atoms with van der Waals surface area (Å²) in [5.74, 6) is -0.917. The van der Waals surface area contributed by atoms with E-state index < -0.39 is 16.0 Å². The first-order chi connectivity index (χ1) is 13.9. The summed E-state index contributed by atoms with van der Waals surface area (Å²) in [5.41, 5.74) is 3.20. The van der Waals surface area contributed by atoms with Crippen molar-refractivity contribution in [3.8, 4) is 0 Å². The second-order valence-electron chi connectivity index (χ2n) is 6.95. The van der Waals surface area contributed by atoms with Crippen molar-refractivity contribution in [2.45, 2.75) is 38.0 Å². The first kappa shape index (κ1) is 21.2. The highest BCUT2D eigenvalue weighted by Crippen LogP contribution is 2.23. The van der Waals surface area contributed by atoms with E-state index in [9.17, 15) is 18.0 Å². The van der Waals surface area contributed by atoms with E-state index in [-0.39, 0.29) is 22.8 Å². The van der Waals surface area contributed by atoms with Crippen molar-refractivity contribution in [1.82, 2.24) is 4.31 Å². The number of hydrogen-bond acceptors (Lipinski definition) is 5. The molecule has 3 rings (SSSR count). The van der Waals surface area contributed by atoms with Crippen molar-refractivity contribution < 1.29 is 22.7 Å². The van der Waals surface area contributed by atoms with Crippen LogP contribution in [0.2, 0.25) is 0 Å². The maximum atomic E-state index is 12.5. The van der Waals surface area contributed by atoms with Gasteiger partial charge < -0.3 is 4.74 Å². The number of carbonyl (C=O) groups is 2. The molecule has 0 saturated heterocycles. The highest BCUT2D eigenvalue weighted by Gasteiger charge is 2.22. The minimum absolute atomic E-state index is 0.118. The Labute approximate surface area is 171 Å². The summed E-state index contributed by atoms with van der Waals surface area (Å²) >= 11 is 0. The van der Waals surface area contributed by atoms with Crippen LogP contribution in [0.25, 0.3) is 0 Å². The van der Waals surface area contributed by atoms with Gasteiger partial charge in [-0.05, 0) is 60.7 Å².